The summed E-state index contributed by atoms with van der Waals surface area (Å²) in [5.74, 6) is 0.0415. The predicted molar refractivity (Wildman–Crippen MR) is 164 cm³/mol. The maximum atomic E-state index is 11.9. The number of aromatic nitrogens is 2. The van der Waals surface area contributed by atoms with E-state index in [1.807, 2.05) is 17.9 Å². The van der Waals surface area contributed by atoms with Crippen molar-refractivity contribution in [2.45, 2.75) is 52.0 Å². The van der Waals surface area contributed by atoms with Gasteiger partial charge in [0.25, 0.3) is 5.91 Å². The Balaban J connectivity index is 0.000000367. The van der Waals surface area contributed by atoms with Crippen molar-refractivity contribution in [3.8, 4) is 0 Å². The fourth-order valence-electron chi connectivity index (χ4n) is 5.81. The molecular formula is C30H45N9O2. The van der Waals surface area contributed by atoms with E-state index in [-0.39, 0.29) is 17.4 Å². The second-order valence-electron chi connectivity index (χ2n) is 10.8. The Morgan fingerprint density at radius 2 is 1.78 bits per heavy atom. The second-order valence-corrected chi connectivity index (χ2v) is 10.8. The third kappa shape index (κ3) is 7.74. The van der Waals surface area contributed by atoms with Crippen LogP contribution >= 0.6 is 0 Å². The van der Waals surface area contributed by atoms with Gasteiger partial charge in [0.1, 0.15) is 5.82 Å². The van der Waals surface area contributed by atoms with Crippen molar-refractivity contribution in [3.05, 3.63) is 47.8 Å². The zero-order chi connectivity index (χ0) is 29.4. The lowest BCUT2D eigenvalue weighted by Crippen LogP contribution is -2.52. The lowest BCUT2D eigenvalue weighted by atomic mass is 10.0. The predicted octanol–water partition coefficient (Wildman–Crippen LogP) is 2.44. The van der Waals surface area contributed by atoms with Crippen LogP contribution in [0.3, 0.4) is 0 Å². The molecule has 0 unspecified atom stereocenters. The van der Waals surface area contributed by atoms with E-state index < -0.39 is 5.91 Å². The van der Waals surface area contributed by atoms with Crippen LogP contribution in [0.1, 0.15) is 54.4 Å². The Labute approximate surface area is 243 Å². The third-order valence-electron chi connectivity index (χ3n) is 8.09. The van der Waals surface area contributed by atoms with E-state index in [1.54, 1.807) is 0 Å². The second kappa shape index (κ2) is 14.3. The van der Waals surface area contributed by atoms with E-state index >= 15 is 0 Å². The minimum Gasteiger partial charge on any atom is -0.382 e. The number of carbonyl (C=O) groups is 2. The molecule has 0 bridgehead atoms. The molecule has 0 atom stereocenters. The molecule has 1 aromatic heterocycles. The van der Waals surface area contributed by atoms with Gasteiger partial charge in [-0.1, -0.05) is 13.5 Å². The van der Waals surface area contributed by atoms with Gasteiger partial charge in [0, 0.05) is 69.8 Å². The number of likely N-dealkylation sites (tertiary alicyclic amines) is 1. The maximum absolute atomic E-state index is 11.9. The van der Waals surface area contributed by atoms with Crippen LogP contribution in [0.2, 0.25) is 0 Å². The molecule has 3 aliphatic rings. The van der Waals surface area contributed by atoms with Gasteiger partial charge in [-0.25, -0.2) is 9.97 Å². The van der Waals surface area contributed by atoms with Gasteiger partial charge in [-0.2, -0.15) is 0 Å². The molecule has 2 amide bonds. The number of anilines is 4. The van der Waals surface area contributed by atoms with E-state index in [0.717, 1.165) is 70.9 Å². The molecule has 11 heteroatoms. The van der Waals surface area contributed by atoms with Crippen molar-refractivity contribution in [1.29, 1.82) is 0 Å². The highest BCUT2D eigenvalue weighted by Gasteiger charge is 2.26. The summed E-state index contributed by atoms with van der Waals surface area (Å²) in [6.07, 6.45) is 6.66. The molecule has 6 N–H and O–H groups in total. The Kier molecular flexibility index (Phi) is 10.5. The number of nitrogen functional groups attached to an aromatic ring is 1. The van der Waals surface area contributed by atoms with Crippen LogP contribution in [0.5, 0.6) is 0 Å². The Morgan fingerprint density at radius 3 is 2.37 bits per heavy atom. The fourth-order valence-corrected chi connectivity index (χ4v) is 5.81. The van der Waals surface area contributed by atoms with Crippen molar-refractivity contribution < 1.29 is 9.59 Å². The minimum absolute atomic E-state index is 0.0764. The first-order chi connectivity index (χ1) is 19.8. The lowest BCUT2D eigenvalue weighted by Gasteiger charge is -2.41. The highest BCUT2D eigenvalue weighted by atomic mass is 16.2. The first-order valence-corrected chi connectivity index (χ1v) is 14.8. The molecule has 0 saturated carbocycles. The number of benzene rings is 1. The lowest BCUT2D eigenvalue weighted by molar-refractivity contribution is -0.124. The van der Waals surface area contributed by atoms with Crippen LogP contribution in [0.25, 0.3) is 0 Å². The fraction of sp³-hybridized carbons (Fsp3) is 0.533. The molecule has 0 aliphatic carbocycles. The van der Waals surface area contributed by atoms with Gasteiger partial charge in [-0.05, 0) is 68.9 Å². The van der Waals surface area contributed by atoms with E-state index in [0.29, 0.717) is 24.0 Å². The molecule has 1 aromatic carbocycles. The van der Waals surface area contributed by atoms with Crippen molar-refractivity contribution in [2.75, 3.05) is 68.3 Å². The van der Waals surface area contributed by atoms with Gasteiger partial charge >= 0.3 is 0 Å². The molecule has 2 aromatic rings. The molecule has 3 fully saturated rings. The molecule has 0 radical (unpaired) electrons. The van der Waals surface area contributed by atoms with Crippen LogP contribution in [0.15, 0.2) is 30.9 Å². The number of piperazine rings is 1. The Hall–Kier alpha value is -3.70. The maximum Gasteiger partial charge on any atom is 0.271 e. The average Bonchev–Trinajstić information content (AvgIpc) is 3.53. The van der Waals surface area contributed by atoms with E-state index in [2.05, 4.69) is 56.0 Å². The van der Waals surface area contributed by atoms with Gasteiger partial charge in [-0.15, -0.1) is 0 Å². The normalized spacial score (nSPS) is 18.0. The van der Waals surface area contributed by atoms with Gasteiger partial charge in [0.15, 0.2) is 11.5 Å². The number of primary amides is 1. The number of nitrogens with one attached hydrogen (secondary N) is 2. The standard InChI is InChI=1S/C23H34N8O.C7H11NO/c1-3-18-21(24)29-23(20(28-18)22(25)32)27-16-4-5-19(15(2)14-16)31-10-6-17(7-11-31)30-12-8-26-9-13-30;1-2-7(9)8-5-3-4-6-8/h4-5,14,17,26H,3,6-13H2,1-2H3,(H2,25,32)(H3,24,27,29);2H,1,3-6H2. The molecule has 3 aliphatic heterocycles. The summed E-state index contributed by atoms with van der Waals surface area (Å²) in [4.78, 5) is 38.3. The van der Waals surface area contributed by atoms with Crippen molar-refractivity contribution >= 4 is 34.8 Å². The largest absolute Gasteiger partial charge is 0.382 e. The highest BCUT2D eigenvalue weighted by molar-refractivity contribution is 5.96. The SMILES string of the molecule is C=CC(=O)N1CCCC1.CCc1nc(C(N)=O)c(Nc2ccc(N3CCC(N4CCNCC4)CC3)c(C)c2)nc1N. The molecule has 41 heavy (non-hydrogen) atoms. The highest BCUT2D eigenvalue weighted by Crippen LogP contribution is 2.29. The van der Waals surface area contributed by atoms with Crippen molar-refractivity contribution in [1.82, 2.24) is 25.1 Å². The van der Waals surface area contributed by atoms with E-state index in [1.165, 1.54) is 30.2 Å². The molecule has 4 heterocycles. The molecule has 0 spiro atoms. The number of rotatable bonds is 7. The molecule has 3 saturated heterocycles. The number of nitrogens with zero attached hydrogens (tertiary/aromatic N) is 5. The number of hydrogen-bond acceptors (Lipinski definition) is 9. The van der Waals surface area contributed by atoms with Gasteiger partial charge in [0.05, 0.1) is 5.69 Å². The number of hydrogen-bond donors (Lipinski definition) is 4. The smallest absolute Gasteiger partial charge is 0.271 e. The van der Waals surface area contributed by atoms with E-state index in [9.17, 15) is 9.59 Å². The van der Waals surface area contributed by atoms with Crippen LogP contribution in [0, 0.1) is 6.92 Å². The van der Waals surface area contributed by atoms with Crippen LogP contribution in [0.4, 0.5) is 23.0 Å². The summed E-state index contributed by atoms with van der Waals surface area (Å²) < 4.78 is 0. The first kappa shape index (κ1) is 30.3. The topological polar surface area (TPSA) is 146 Å². The summed E-state index contributed by atoms with van der Waals surface area (Å²) in [5.41, 5.74) is 15.4. The Morgan fingerprint density at radius 1 is 1.10 bits per heavy atom. The zero-order valence-electron chi connectivity index (χ0n) is 24.5. The number of piperidine rings is 1. The quantitative estimate of drug-likeness (QED) is 0.373. The zero-order valence-corrected chi connectivity index (χ0v) is 24.5. The monoisotopic (exact) mass is 563 g/mol. The van der Waals surface area contributed by atoms with Crippen LogP contribution in [-0.2, 0) is 11.2 Å². The molecule has 222 valence electrons. The minimum atomic E-state index is -0.629. The van der Waals surface area contributed by atoms with Crippen LogP contribution < -0.4 is 27.0 Å². The number of carbonyl (C=O) groups excluding carboxylic acids is 2. The van der Waals surface area contributed by atoms with Gasteiger partial charge in [-0.3, -0.25) is 14.5 Å². The summed E-state index contributed by atoms with van der Waals surface area (Å²) >= 11 is 0. The van der Waals surface area contributed by atoms with Crippen LogP contribution in [-0.4, -0.2) is 90.0 Å². The van der Waals surface area contributed by atoms with Gasteiger partial charge in [0.2, 0.25) is 5.91 Å². The summed E-state index contributed by atoms with van der Waals surface area (Å²) in [7, 11) is 0. The van der Waals surface area contributed by atoms with E-state index in [4.69, 9.17) is 11.5 Å². The molecule has 5 rings (SSSR count). The summed E-state index contributed by atoms with van der Waals surface area (Å²) in [5, 5.41) is 6.62. The summed E-state index contributed by atoms with van der Waals surface area (Å²) in [6, 6.07) is 6.89. The summed E-state index contributed by atoms with van der Waals surface area (Å²) in [6.45, 7) is 15.9. The average molecular weight is 564 g/mol. The third-order valence-corrected chi connectivity index (χ3v) is 8.09. The van der Waals surface area contributed by atoms with Crippen molar-refractivity contribution in [3.63, 3.8) is 0 Å². The number of amides is 2. The number of nitrogens with two attached hydrogens (primary N) is 2. The van der Waals surface area contributed by atoms with Gasteiger partial charge < -0.3 is 31.9 Å². The molecule has 11 nitrogen and oxygen atoms in total. The number of aryl methyl sites for hydroxylation is 2. The molecular weight excluding hydrogens is 518 g/mol. The van der Waals surface area contributed by atoms with Crippen molar-refractivity contribution in [2.24, 2.45) is 5.73 Å². The Bertz CT molecular complexity index is 1210. The first-order valence-electron chi connectivity index (χ1n) is 14.8.